The molecule has 1 rings (SSSR count). The van der Waals surface area contributed by atoms with Crippen LogP contribution in [0.4, 0.5) is 0 Å². The van der Waals surface area contributed by atoms with Crippen molar-refractivity contribution in [1.29, 1.82) is 0 Å². The minimum atomic E-state index is -0.376. The predicted molar refractivity (Wildman–Crippen MR) is 46.2 cm³/mol. The molecule has 1 aromatic rings. The molecule has 0 saturated heterocycles. The van der Waals surface area contributed by atoms with Gasteiger partial charge in [-0.1, -0.05) is 0 Å². The van der Waals surface area contributed by atoms with Crippen molar-refractivity contribution in [2.75, 3.05) is 7.11 Å². The molecule has 0 aliphatic carbocycles. The third kappa shape index (κ3) is 1.66. The lowest BCUT2D eigenvalue weighted by Gasteiger charge is -1.89. The number of carbonyl (C=O) groups excluding carboxylic acids is 1. The van der Waals surface area contributed by atoms with Gasteiger partial charge in [0.05, 0.1) is 7.11 Å². The standard InChI is InChI=1S/C5H4INO2S/c1-9-4(8)3-2-10-5(6)7-3/h2H,1H3. The lowest BCUT2D eigenvalue weighted by atomic mass is 10.5. The molecule has 3 nitrogen and oxygen atoms in total. The van der Waals surface area contributed by atoms with Crippen molar-refractivity contribution >= 4 is 39.9 Å². The maximum Gasteiger partial charge on any atom is 0.357 e. The van der Waals surface area contributed by atoms with Crippen LogP contribution < -0.4 is 0 Å². The Bertz CT molecular complexity index is 248. The van der Waals surface area contributed by atoms with Gasteiger partial charge in [-0.25, -0.2) is 9.78 Å². The molecule has 0 saturated carbocycles. The van der Waals surface area contributed by atoms with E-state index in [1.165, 1.54) is 18.4 Å². The molecular formula is C5H4INO2S. The average molecular weight is 269 g/mol. The second kappa shape index (κ2) is 3.29. The number of halogens is 1. The van der Waals surface area contributed by atoms with Gasteiger partial charge in [0.15, 0.2) is 8.71 Å². The molecule has 0 fully saturated rings. The zero-order chi connectivity index (χ0) is 7.56. The van der Waals surface area contributed by atoms with Crippen LogP contribution in [0.15, 0.2) is 5.38 Å². The van der Waals surface area contributed by atoms with Gasteiger partial charge in [0.25, 0.3) is 0 Å². The molecule has 10 heavy (non-hydrogen) atoms. The van der Waals surface area contributed by atoms with E-state index < -0.39 is 0 Å². The second-order valence-electron chi connectivity index (χ2n) is 1.48. The average Bonchev–Trinajstić information content (AvgIpc) is 2.34. The Kier molecular flexibility index (Phi) is 2.61. The van der Waals surface area contributed by atoms with Crippen LogP contribution in [-0.4, -0.2) is 18.1 Å². The molecule has 1 heterocycles. The number of esters is 1. The van der Waals surface area contributed by atoms with E-state index in [0.717, 1.165) is 3.01 Å². The molecule has 0 aliphatic heterocycles. The Hall–Kier alpha value is -0.170. The van der Waals surface area contributed by atoms with E-state index in [2.05, 4.69) is 9.72 Å². The van der Waals surface area contributed by atoms with Crippen molar-refractivity contribution in [3.63, 3.8) is 0 Å². The molecule has 5 heteroatoms. The maximum absolute atomic E-state index is 10.7. The van der Waals surface area contributed by atoms with Gasteiger partial charge in [0.2, 0.25) is 0 Å². The van der Waals surface area contributed by atoms with E-state index >= 15 is 0 Å². The predicted octanol–water partition coefficient (Wildman–Crippen LogP) is 1.53. The van der Waals surface area contributed by atoms with Crippen molar-refractivity contribution in [3.8, 4) is 0 Å². The summed E-state index contributed by atoms with van der Waals surface area (Å²) in [6.45, 7) is 0. The maximum atomic E-state index is 10.7. The van der Waals surface area contributed by atoms with Crippen LogP contribution in [0.25, 0.3) is 0 Å². The normalized spacial score (nSPS) is 9.40. The fourth-order valence-corrected chi connectivity index (χ4v) is 1.60. The van der Waals surface area contributed by atoms with E-state index in [4.69, 9.17) is 0 Å². The molecular weight excluding hydrogens is 265 g/mol. The Balaban J connectivity index is 2.85. The van der Waals surface area contributed by atoms with Crippen molar-refractivity contribution in [3.05, 3.63) is 14.1 Å². The minimum Gasteiger partial charge on any atom is -0.464 e. The number of nitrogens with zero attached hydrogens (tertiary/aromatic N) is 1. The molecule has 0 unspecified atom stereocenters. The number of aromatic nitrogens is 1. The van der Waals surface area contributed by atoms with Gasteiger partial charge in [-0.15, -0.1) is 11.3 Å². The molecule has 0 spiro atoms. The van der Waals surface area contributed by atoms with Gasteiger partial charge in [0, 0.05) is 5.38 Å². The van der Waals surface area contributed by atoms with Crippen LogP contribution in [-0.2, 0) is 4.74 Å². The highest BCUT2D eigenvalue weighted by Gasteiger charge is 2.07. The van der Waals surface area contributed by atoms with E-state index in [9.17, 15) is 4.79 Å². The first-order chi connectivity index (χ1) is 4.74. The zero-order valence-corrected chi connectivity index (χ0v) is 8.10. The molecule has 0 radical (unpaired) electrons. The van der Waals surface area contributed by atoms with Crippen LogP contribution in [0.3, 0.4) is 0 Å². The number of hydrogen-bond acceptors (Lipinski definition) is 4. The third-order valence-electron chi connectivity index (χ3n) is 0.871. The lowest BCUT2D eigenvalue weighted by Crippen LogP contribution is -2.00. The summed E-state index contributed by atoms with van der Waals surface area (Å²) in [5.74, 6) is -0.376. The number of rotatable bonds is 1. The Labute approximate surface area is 75.6 Å². The first kappa shape index (κ1) is 7.93. The van der Waals surface area contributed by atoms with Crippen LogP contribution in [0.2, 0.25) is 0 Å². The van der Waals surface area contributed by atoms with Crippen molar-refractivity contribution < 1.29 is 9.53 Å². The molecule has 0 N–H and O–H groups in total. The third-order valence-corrected chi connectivity index (χ3v) is 2.50. The smallest absolute Gasteiger partial charge is 0.357 e. The Morgan fingerprint density at radius 1 is 1.90 bits per heavy atom. The first-order valence-corrected chi connectivity index (χ1v) is 4.39. The molecule has 0 amide bonds. The molecule has 0 aromatic carbocycles. The summed E-state index contributed by atoms with van der Waals surface area (Å²) in [5, 5.41) is 1.67. The quantitative estimate of drug-likeness (QED) is 0.573. The van der Waals surface area contributed by atoms with Gasteiger partial charge >= 0.3 is 5.97 Å². The summed E-state index contributed by atoms with van der Waals surface area (Å²) in [4.78, 5) is 14.7. The topological polar surface area (TPSA) is 39.2 Å². The van der Waals surface area contributed by atoms with Crippen LogP contribution >= 0.6 is 33.9 Å². The van der Waals surface area contributed by atoms with Crippen molar-refractivity contribution in [2.24, 2.45) is 0 Å². The van der Waals surface area contributed by atoms with Crippen molar-refractivity contribution in [1.82, 2.24) is 4.98 Å². The summed E-state index contributed by atoms with van der Waals surface area (Å²) < 4.78 is 5.30. The molecule has 0 aliphatic rings. The summed E-state index contributed by atoms with van der Waals surface area (Å²) in [6.07, 6.45) is 0. The summed E-state index contributed by atoms with van der Waals surface area (Å²) in [7, 11) is 1.34. The number of ether oxygens (including phenoxy) is 1. The highest BCUT2D eigenvalue weighted by molar-refractivity contribution is 14.1. The largest absolute Gasteiger partial charge is 0.464 e. The summed E-state index contributed by atoms with van der Waals surface area (Å²) >= 11 is 3.47. The van der Waals surface area contributed by atoms with E-state index in [-0.39, 0.29) is 5.97 Å². The monoisotopic (exact) mass is 269 g/mol. The summed E-state index contributed by atoms with van der Waals surface area (Å²) in [6, 6.07) is 0. The minimum absolute atomic E-state index is 0.376. The van der Waals surface area contributed by atoms with Crippen LogP contribution in [0, 0.1) is 3.01 Å². The Morgan fingerprint density at radius 2 is 2.60 bits per heavy atom. The van der Waals surface area contributed by atoms with Crippen molar-refractivity contribution in [2.45, 2.75) is 0 Å². The number of thiazole rings is 1. The van der Waals surface area contributed by atoms with E-state index in [1.54, 1.807) is 5.38 Å². The van der Waals surface area contributed by atoms with Gasteiger partial charge in [-0.2, -0.15) is 0 Å². The SMILES string of the molecule is COC(=O)c1csc(I)n1. The Morgan fingerprint density at radius 3 is 3.00 bits per heavy atom. The molecule has 1 aromatic heterocycles. The first-order valence-electron chi connectivity index (χ1n) is 2.43. The highest BCUT2D eigenvalue weighted by Crippen LogP contribution is 2.11. The fraction of sp³-hybridized carbons (Fsp3) is 0.200. The molecule has 54 valence electrons. The van der Waals surface area contributed by atoms with E-state index in [1.807, 2.05) is 22.6 Å². The van der Waals surface area contributed by atoms with Gasteiger partial charge < -0.3 is 4.74 Å². The fourth-order valence-electron chi connectivity index (χ4n) is 0.450. The lowest BCUT2D eigenvalue weighted by molar-refractivity contribution is 0.0595. The highest BCUT2D eigenvalue weighted by atomic mass is 127. The summed E-state index contributed by atoms with van der Waals surface area (Å²) in [5.41, 5.74) is 0.386. The number of carbonyl (C=O) groups is 1. The second-order valence-corrected chi connectivity index (χ2v) is 4.09. The van der Waals surface area contributed by atoms with Gasteiger partial charge in [-0.3, -0.25) is 0 Å². The number of hydrogen-bond donors (Lipinski definition) is 0. The molecule has 0 bridgehead atoms. The van der Waals surface area contributed by atoms with Crippen LogP contribution in [0.5, 0.6) is 0 Å². The van der Waals surface area contributed by atoms with Gasteiger partial charge in [0.1, 0.15) is 0 Å². The number of methoxy groups -OCH3 is 1. The van der Waals surface area contributed by atoms with E-state index in [0.29, 0.717) is 5.69 Å². The van der Waals surface area contributed by atoms with Gasteiger partial charge in [-0.05, 0) is 22.6 Å². The van der Waals surface area contributed by atoms with Crippen LogP contribution in [0.1, 0.15) is 10.5 Å². The molecule has 0 atom stereocenters. The zero-order valence-electron chi connectivity index (χ0n) is 5.13.